The molecule has 0 saturated carbocycles. The van der Waals surface area contributed by atoms with Gasteiger partial charge in [-0.05, 0) is 30.3 Å². The number of para-hydroxylation sites is 1. The number of hydrogen-bond donors (Lipinski definition) is 0. The van der Waals surface area contributed by atoms with Crippen molar-refractivity contribution in [1.29, 1.82) is 0 Å². The van der Waals surface area contributed by atoms with Gasteiger partial charge in [-0.25, -0.2) is 0 Å². The van der Waals surface area contributed by atoms with Crippen LogP contribution in [0.5, 0.6) is 0 Å². The van der Waals surface area contributed by atoms with E-state index in [1.54, 1.807) is 31.4 Å². The maximum atomic E-state index is 12.9. The summed E-state index contributed by atoms with van der Waals surface area (Å²) in [5, 5.41) is 0.571. The minimum absolute atomic E-state index is 0.184. The van der Waals surface area contributed by atoms with Gasteiger partial charge in [-0.2, -0.15) is 4.99 Å². The highest BCUT2D eigenvalue weighted by molar-refractivity contribution is 7.16. The first kappa shape index (κ1) is 20.5. The molecule has 0 spiro atoms. The average molecular weight is 444 g/mol. The fourth-order valence-corrected chi connectivity index (χ4v) is 4.77. The summed E-state index contributed by atoms with van der Waals surface area (Å²) in [4.78, 5) is 42.8. The van der Waals surface area contributed by atoms with Crippen molar-refractivity contribution in [2.75, 3.05) is 18.6 Å². The smallest absolute Gasteiger partial charge is 0.279 e. The summed E-state index contributed by atoms with van der Waals surface area (Å²) in [6, 6.07) is 12.0. The van der Waals surface area contributed by atoms with Crippen LogP contribution in [0.3, 0.4) is 0 Å². The van der Waals surface area contributed by atoms with Crippen LogP contribution in [0.1, 0.15) is 23.2 Å². The van der Waals surface area contributed by atoms with E-state index in [4.69, 9.17) is 16.3 Å². The Morgan fingerprint density at radius 2 is 1.90 bits per heavy atom. The minimum Gasteiger partial charge on any atom is -0.383 e. The summed E-state index contributed by atoms with van der Waals surface area (Å²) in [5.41, 5.74) is 1.48. The molecule has 1 aromatic heterocycles. The van der Waals surface area contributed by atoms with Crippen LogP contribution in [-0.4, -0.2) is 36.0 Å². The molecule has 0 atom stereocenters. The minimum atomic E-state index is -0.468. The Hall–Kier alpha value is -2.81. The molecule has 0 radical (unpaired) electrons. The first-order chi connectivity index (χ1) is 14.5. The predicted molar refractivity (Wildman–Crippen MR) is 115 cm³/mol. The van der Waals surface area contributed by atoms with Crippen LogP contribution in [0, 0.1) is 0 Å². The zero-order valence-corrected chi connectivity index (χ0v) is 17.7. The second-order valence-corrected chi connectivity index (χ2v) is 8.12. The van der Waals surface area contributed by atoms with Gasteiger partial charge in [0.2, 0.25) is 11.8 Å². The first-order valence-electron chi connectivity index (χ1n) is 9.31. The maximum absolute atomic E-state index is 12.9. The van der Waals surface area contributed by atoms with Crippen LogP contribution >= 0.6 is 22.9 Å². The Balaban J connectivity index is 1.75. The summed E-state index contributed by atoms with van der Waals surface area (Å²) in [6.45, 7) is 0.927. The molecule has 2 heterocycles. The van der Waals surface area contributed by atoms with E-state index in [-0.39, 0.29) is 24.7 Å². The quantitative estimate of drug-likeness (QED) is 0.566. The third-order valence-electron chi connectivity index (χ3n) is 4.77. The third-order valence-corrected chi connectivity index (χ3v) is 6.12. The van der Waals surface area contributed by atoms with E-state index in [2.05, 4.69) is 4.99 Å². The number of aromatic nitrogens is 1. The molecule has 2 aromatic carbocycles. The van der Waals surface area contributed by atoms with Gasteiger partial charge in [0.15, 0.2) is 4.80 Å². The maximum Gasteiger partial charge on any atom is 0.279 e. The molecule has 154 valence electrons. The number of halogens is 1. The van der Waals surface area contributed by atoms with Gasteiger partial charge in [0.05, 0.1) is 27.5 Å². The number of benzene rings is 2. The number of methoxy groups -OCH3 is 1. The molecular weight excluding hydrogens is 426 g/mol. The lowest BCUT2D eigenvalue weighted by atomic mass is 10.2. The van der Waals surface area contributed by atoms with Gasteiger partial charge in [0, 0.05) is 32.1 Å². The molecule has 1 fully saturated rings. The molecule has 0 unspecified atom stereocenters. The average Bonchev–Trinajstić information content (AvgIpc) is 3.26. The summed E-state index contributed by atoms with van der Waals surface area (Å²) < 4.78 is 7.96. The Morgan fingerprint density at radius 1 is 1.17 bits per heavy atom. The van der Waals surface area contributed by atoms with Crippen molar-refractivity contribution in [1.82, 2.24) is 4.57 Å². The second kappa shape index (κ2) is 8.51. The van der Waals surface area contributed by atoms with Gasteiger partial charge >= 0.3 is 0 Å². The lowest BCUT2D eigenvalue weighted by Gasteiger charge is -2.14. The highest BCUT2D eigenvalue weighted by Crippen LogP contribution is 2.26. The molecule has 0 bridgehead atoms. The molecule has 4 rings (SSSR count). The number of carbonyl (C=O) groups is 3. The molecule has 1 aliphatic rings. The van der Waals surface area contributed by atoms with Crippen molar-refractivity contribution < 1.29 is 19.1 Å². The van der Waals surface area contributed by atoms with Crippen molar-refractivity contribution >= 4 is 56.6 Å². The molecule has 7 nitrogen and oxygen atoms in total. The highest BCUT2D eigenvalue weighted by atomic mass is 35.5. The summed E-state index contributed by atoms with van der Waals surface area (Å²) in [6.07, 6.45) is 0.368. The molecule has 3 aromatic rings. The third kappa shape index (κ3) is 3.81. The molecule has 3 amide bonds. The number of amides is 3. The zero-order valence-electron chi connectivity index (χ0n) is 16.1. The Morgan fingerprint density at radius 3 is 2.63 bits per heavy atom. The van der Waals surface area contributed by atoms with Crippen LogP contribution in [0.25, 0.3) is 10.2 Å². The Labute approximate surface area is 181 Å². The SMILES string of the molecule is COCCn1c(=NC(=O)c2cccc(N3C(=O)CCC3=O)c2)sc2cccc(Cl)c21. The van der Waals surface area contributed by atoms with Crippen molar-refractivity contribution in [2.24, 2.45) is 4.99 Å². The van der Waals surface area contributed by atoms with Gasteiger partial charge < -0.3 is 9.30 Å². The molecule has 1 aliphatic heterocycles. The molecular formula is C21H18ClN3O4S. The van der Waals surface area contributed by atoms with Gasteiger partial charge in [0.25, 0.3) is 5.91 Å². The van der Waals surface area contributed by atoms with Crippen LogP contribution in [-0.2, 0) is 20.9 Å². The van der Waals surface area contributed by atoms with E-state index < -0.39 is 5.91 Å². The number of ether oxygens (including phenoxy) is 1. The molecule has 9 heteroatoms. The Bertz CT molecular complexity index is 1210. The van der Waals surface area contributed by atoms with E-state index in [1.807, 2.05) is 16.7 Å². The first-order valence-corrected chi connectivity index (χ1v) is 10.5. The van der Waals surface area contributed by atoms with Crippen LogP contribution in [0.2, 0.25) is 5.02 Å². The largest absolute Gasteiger partial charge is 0.383 e. The fraction of sp³-hybridized carbons (Fsp3) is 0.238. The Kier molecular flexibility index (Phi) is 5.80. The van der Waals surface area contributed by atoms with Crippen molar-refractivity contribution in [3.63, 3.8) is 0 Å². The highest BCUT2D eigenvalue weighted by Gasteiger charge is 2.30. The van der Waals surface area contributed by atoms with Crippen LogP contribution in [0.15, 0.2) is 47.5 Å². The van der Waals surface area contributed by atoms with E-state index in [0.717, 1.165) is 15.1 Å². The lowest BCUT2D eigenvalue weighted by molar-refractivity contribution is -0.121. The standard InChI is InChI=1S/C21H18ClN3O4S/c1-29-11-10-24-19-15(22)6-3-7-16(19)30-21(24)23-20(28)13-4-2-5-14(12-13)25-17(26)8-9-18(25)27/h2-7,12H,8-11H2,1H3. The summed E-state index contributed by atoms with van der Waals surface area (Å²) in [7, 11) is 1.60. The van der Waals surface area contributed by atoms with Gasteiger partial charge in [-0.15, -0.1) is 0 Å². The lowest BCUT2D eigenvalue weighted by Crippen LogP contribution is -2.28. The van der Waals surface area contributed by atoms with E-state index >= 15 is 0 Å². The number of hydrogen-bond acceptors (Lipinski definition) is 5. The number of imide groups is 1. The van der Waals surface area contributed by atoms with E-state index in [9.17, 15) is 14.4 Å². The zero-order chi connectivity index (χ0) is 21.3. The number of rotatable bonds is 5. The normalized spacial score (nSPS) is 14.9. The molecule has 0 aliphatic carbocycles. The predicted octanol–water partition coefficient (Wildman–Crippen LogP) is 3.40. The van der Waals surface area contributed by atoms with E-state index in [1.165, 1.54) is 17.4 Å². The monoisotopic (exact) mass is 443 g/mol. The number of anilines is 1. The molecule has 1 saturated heterocycles. The summed E-state index contributed by atoms with van der Waals surface area (Å²) in [5.74, 6) is -0.999. The van der Waals surface area contributed by atoms with E-state index in [0.29, 0.717) is 34.2 Å². The van der Waals surface area contributed by atoms with Crippen LogP contribution < -0.4 is 9.70 Å². The fourth-order valence-electron chi connectivity index (χ4n) is 3.36. The molecule has 0 N–H and O–H groups in total. The number of thiazole rings is 1. The van der Waals surface area contributed by atoms with Crippen molar-refractivity contribution in [3.8, 4) is 0 Å². The second-order valence-electron chi connectivity index (χ2n) is 6.71. The van der Waals surface area contributed by atoms with Gasteiger partial charge in [0.1, 0.15) is 0 Å². The number of nitrogens with zero attached hydrogens (tertiary/aromatic N) is 3. The topological polar surface area (TPSA) is 81.0 Å². The molecule has 30 heavy (non-hydrogen) atoms. The summed E-state index contributed by atoms with van der Waals surface area (Å²) >= 11 is 7.74. The van der Waals surface area contributed by atoms with Crippen molar-refractivity contribution in [2.45, 2.75) is 19.4 Å². The van der Waals surface area contributed by atoms with Gasteiger partial charge in [-0.3, -0.25) is 19.3 Å². The number of fused-ring (bicyclic) bond motifs is 1. The van der Waals surface area contributed by atoms with Gasteiger partial charge in [-0.1, -0.05) is 35.1 Å². The van der Waals surface area contributed by atoms with Crippen molar-refractivity contribution in [3.05, 3.63) is 57.9 Å². The number of carbonyl (C=O) groups excluding carboxylic acids is 3. The van der Waals surface area contributed by atoms with Crippen LogP contribution in [0.4, 0.5) is 5.69 Å².